The van der Waals surface area contributed by atoms with Gasteiger partial charge in [0, 0.05) is 39.2 Å². The predicted molar refractivity (Wildman–Crippen MR) is 219 cm³/mol. The fourth-order valence-corrected chi connectivity index (χ4v) is 9.38. The Kier molecular flexibility index (Phi) is 12.4. The zero-order chi connectivity index (χ0) is 40.2. The molecule has 1 aliphatic carbocycles. The number of hydrogen-bond donors (Lipinski definition) is 3. The number of benzene rings is 2. The molecule has 57 heavy (non-hydrogen) atoms. The maximum atomic E-state index is 13.8. The van der Waals surface area contributed by atoms with Gasteiger partial charge in [0.2, 0.25) is 11.8 Å². The second-order valence-corrected chi connectivity index (χ2v) is 15.9. The number of carbonyl (C=O) groups is 3. The number of ether oxygens (including phenoxy) is 1. The summed E-state index contributed by atoms with van der Waals surface area (Å²) >= 11 is 0. The molecule has 13 nitrogen and oxygen atoms in total. The van der Waals surface area contributed by atoms with Gasteiger partial charge in [0.1, 0.15) is 17.7 Å². The van der Waals surface area contributed by atoms with Gasteiger partial charge in [-0.3, -0.25) is 14.5 Å². The zero-order valence-electron chi connectivity index (χ0n) is 34.0. The summed E-state index contributed by atoms with van der Waals surface area (Å²) in [5, 5.41) is 9.63. The maximum Gasteiger partial charge on any atom is 0.407 e. The molecule has 3 amide bonds. The Morgan fingerprint density at radius 1 is 0.772 bits per heavy atom. The van der Waals surface area contributed by atoms with Crippen LogP contribution in [0.15, 0.2) is 60.9 Å². The van der Waals surface area contributed by atoms with Crippen molar-refractivity contribution >= 4 is 17.9 Å². The number of likely N-dealkylation sites (N-methyl/N-ethyl adjacent to an activating group) is 1. The molecule has 4 heterocycles. The molecule has 4 atom stereocenters. The number of likely N-dealkylation sites (tertiary alicyclic amines) is 2. The van der Waals surface area contributed by atoms with Crippen molar-refractivity contribution in [1.29, 1.82) is 0 Å². The Morgan fingerprint density at radius 2 is 1.25 bits per heavy atom. The van der Waals surface area contributed by atoms with Crippen molar-refractivity contribution in [2.75, 3.05) is 40.3 Å². The number of nitrogens with one attached hydrogen (secondary N) is 2. The summed E-state index contributed by atoms with van der Waals surface area (Å²) in [5.41, 5.74) is 5.97. The molecule has 13 heteroatoms. The smallest absolute Gasteiger partial charge is 0.407 e. The highest BCUT2D eigenvalue weighted by Gasteiger charge is 2.41. The van der Waals surface area contributed by atoms with E-state index in [1.54, 1.807) is 18.0 Å². The van der Waals surface area contributed by atoms with Crippen LogP contribution in [-0.4, -0.2) is 121 Å². The van der Waals surface area contributed by atoms with E-state index in [1.807, 2.05) is 6.20 Å². The van der Waals surface area contributed by atoms with Gasteiger partial charge in [-0.1, -0.05) is 62.4 Å². The van der Waals surface area contributed by atoms with Crippen molar-refractivity contribution in [2.24, 2.45) is 5.92 Å². The lowest BCUT2D eigenvalue weighted by Gasteiger charge is -2.37. The van der Waals surface area contributed by atoms with E-state index in [2.05, 4.69) is 87.1 Å². The van der Waals surface area contributed by atoms with E-state index in [-0.39, 0.29) is 23.9 Å². The first-order chi connectivity index (χ1) is 27.6. The number of nitrogens with zero attached hydrogens (tertiary/aromatic N) is 6. The summed E-state index contributed by atoms with van der Waals surface area (Å²) in [6.45, 7) is 9.63. The van der Waals surface area contributed by atoms with Crippen LogP contribution in [-0.2, 0) is 14.3 Å². The van der Waals surface area contributed by atoms with Crippen LogP contribution in [0, 0.1) is 5.92 Å². The van der Waals surface area contributed by atoms with Gasteiger partial charge in [-0.25, -0.2) is 14.8 Å². The SMILES string of the molecule is CCN(CC)C1CCC(C(=O)N2CCC[C@H]2c2ncc(-c3ccc(-c4ccc(-c5cnc([C@@H]6CCCN6C(=O)[C@H]([C@@H](C)OC)N(C)C(=O)O)[nH]5)cc4)cc3)[nH]2)CC1. The monoisotopic (exact) mass is 778 g/mol. The predicted octanol–water partition coefficient (Wildman–Crippen LogP) is 7.37. The first-order valence-electron chi connectivity index (χ1n) is 20.8. The van der Waals surface area contributed by atoms with Crippen LogP contribution < -0.4 is 0 Å². The van der Waals surface area contributed by atoms with Crippen LogP contribution in [0.2, 0.25) is 0 Å². The van der Waals surface area contributed by atoms with Crippen molar-refractivity contribution in [2.45, 2.75) is 102 Å². The molecule has 3 fully saturated rings. The number of amides is 3. The van der Waals surface area contributed by atoms with Crippen LogP contribution in [0.25, 0.3) is 33.6 Å². The molecule has 3 N–H and O–H groups in total. The molecule has 2 aliphatic heterocycles. The number of H-pyrrole nitrogens is 2. The number of carbonyl (C=O) groups excluding carboxylic acids is 2. The van der Waals surface area contributed by atoms with Gasteiger partial charge in [0.05, 0.1) is 42.0 Å². The quantitative estimate of drug-likeness (QED) is 0.127. The highest BCUT2D eigenvalue weighted by Crippen LogP contribution is 2.37. The third-order valence-electron chi connectivity index (χ3n) is 12.8. The normalized spacial score (nSPS) is 22.2. The molecule has 0 radical (unpaired) electrons. The molecule has 3 aliphatic rings. The van der Waals surface area contributed by atoms with E-state index in [9.17, 15) is 19.5 Å². The van der Waals surface area contributed by atoms with E-state index in [0.717, 1.165) is 115 Å². The number of hydrogen-bond acceptors (Lipinski definition) is 7. The second kappa shape index (κ2) is 17.6. The molecule has 2 saturated heterocycles. The van der Waals surface area contributed by atoms with Crippen molar-refractivity contribution in [3.8, 4) is 33.6 Å². The van der Waals surface area contributed by atoms with Gasteiger partial charge in [-0.15, -0.1) is 0 Å². The van der Waals surface area contributed by atoms with Gasteiger partial charge >= 0.3 is 6.09 Å². The standard InChI is InChI=1S/C44H58N8O5/c1-6-50(7-2)34-22-20-33(21-23-34)42(53)51-24-8-10-37(51)40-45-26-35(47-40)31-16-12-29(13-17-31)30-14-18-32(19-15-30)36-27-46-41(48-36)38-11-9-25-52(38)43(54)39(28(3)57-5)49(4)44(55)56/h12-19,26-28,33-34,37-39H,6-11,20-25H2,1-5H3,(H,45,47)(H,46,48)(H,55,56)/t28-,33?,34?,37+,38+,39+/m1/s1. The molecule has 0 spiro atoms. The van der Waals surface area contributed by atoms with Gasteiger partial charge < -0.3 is 34.5 Å². The van der Waals surface area contributed by atoms with Crippen LogP contribution in [0.5, 0.6) is 0 Å². The lowest BCUT2D eigenvalue weighted by molar-refractivity contribution is -0.141. The van der Waals surface area contributed by atoms with Crippen LogP contribution in [0.3, 0.4) is 0 Å². The minimum Gasteiger partial charge on any atom is -0.465 e. The number of imidazole rings is 2. The number of rotatable bonds is 13. The zero-order valence-corrected chi connectivity index (χ0v) is 34.0. The van der Waals surface area contributed by atoms with Crippen LogP contribution >= 0.6 is 0 Å². The van der Waals surface area contributed by atoms with Crippen molar-refractivity contribution in [1.82, 2.24) is 39.5 Å². The molecule has 304 valence electrons. The maximum absolute atomic E-state index is 13.8. The van der Waals surface area contributed by atoms with Crippen molar-refractivity contribution < 1.29 is 24.2 Å². The number of methoxy groups -OCH3 is 1. The average Bonchev–Trinajstić information content (AvgIpc) is 4.08. The highest BCUT2D eigenvalue weighted by atomic mass is 16.5. The van der Waals surface area contributed by atoms with E-state index in [1.165, 1.54) is 14.2 Å². The molecule has 1 saturated carbocycles. The van der Waals surface area contributed by atoms with Gasteiger partial charge in [0.15, 0.2) is 0 Å². The molecular weight excluding hydrogens is 721 g/mol. The first-order valence-corrected chi connectivity index (χ1v) is 20.8. The van der Waals surface area contributed by atoms with Crippen LogP contribution in [0.4, 0.5) is 4.79 Å². The van der Waals surface area contributed by atoms with Gasteiger partial charge in [0.25, 0.3) is 0 Å². The Bertz CT molecular complexity index is 1980. The molecule has 0 unspecified atom stereocenters. The molecule has 7 rings (SSSR count). The lowest BCUT2D eigenvalue weighted by atomic mass is 9.84. The van der Waals surface area contributed by atoms with Crippen molar-refractivity contribution in [3.05, 3.63) is 72.6 Å². The lowest BCUT2D eigenvalue weighted by Crippen LogP contribution is -2.54. The fraction of sp³-hybridized carbons (Fsp3) is 0.523. The van der Waals surface area contributed by atoms with Gasteiger partial charge in [-0.2, -0.15) is 0 Å². The summed E-state index contributed by atoms with van der Waals surface area (Å²) in [5.74, 6) is 1.68. The van der Waals surface area contributed by atoms with Crippen molar-refractivity contribution in [3.63, 3.8) is 0 Å². The summed E-state index contributed by atoms with van der Waals surface area (Å²) in [6, 6.07) is 16.1. The van der Waals surface area contributed by atoms with E-state index in [4.69, 9.17) is 9.72 Å². The Hall–Kier alpha value is -5.01. The third-order valence-corrected chi connectivity index (χ3v) is 12.8. The van der Waals surface area contributed by atoms with E-state index < -0.39 is 18.2 Å². The van der Waals surface area contributed by atoms with Gasteiger partial charge in [-0.05, 0) is 93.6 Å². The summed E-state index contributed by atoms with van der Waals surface area (Å²) < 4.78 is 5.40. The van der Waals surface area contributed by atoms with Crippen LogP contribution in [0.1, 0.15) is 95.9 Å². The Morgan fingerprint density at radius 3 is 1.72 bits per heavy atom. The fourth-order valence-electron chi connectivity index (χ4n) is 9.38. The minimum absolute atomic E-state index is 0.00186. The Labute approximate surface area is 335 Å². The second-order valence-electron chi connectivity index (χ2n) is 15.9. The molecule has 4 aromatic rings. The topological polar surface area (TPSA) is 151 Å². The summed E-state index contributed by atoms with van der Waals surface area (Å²) in [6.07, 6.45) is 9.50. The third kappa shape index (κ3) is 8.36. The van der Waals surface area contributed by atoms with E-state index >= 15 is 0 Å². The number of aromatic nitrogens is 4. The Balaban J connectivity index is 0.976. The molecular formula is C44H58N8O5. The minimum atomic E-state index is -1.18. The number of carboxylic acid groups (broad SMARTS) is 1. The summed E-state index contributed by atoms with van der Waals surface area (Å²) in [4.78, 5) is 63.0. The first kappa shape index (κ1) is 40.2. The molecule has 0 bridgehead atoms. The van der Waals surface area contributed by atoms with E-state index in [0.29, 0.717) is 24.3 Å². The largest absolute Gasteiger partial charge is 0.465 e. The number of aromatic amines is 2. The summed E-state index contributed by atoms with van der Waals surface area (Å²) in [7, 11) is 2.88. The highest BCUT2D eigenvalue weighted by molar-refractivity contribution is 5.86. The molecule has 2 aromatic carbocycles. The average molecular weight is 779 g/mol. The molecule has 2 aromatic heterocycles.